The summed E-state index contributed by atoms with van der Waals surface area (Å²) in [6.45, 7) is 0.372. The van der Waals surface area contributed by atoms with Gasteiger partial charge >= 0.3 is 0 Å². The molecule has 0 aromatic carbocycles. The maximum Gasteiger partial charge on any atom is 0.273 e. The van der Waals surface area contributed by atoms with Crippen molar-refractivity contribution >= 4 is 37.8 Å². The smallest absolute Gasteiger partial charge is 0.273 e. The zero-order valence-electron chi connectivity index (χ0n) is 8.87. The summed E-state index contributed by atoms with van der Waals surface area (Å²) in [6.07, 6.45) is 1.82. The minimum Gasteiger partial charge on any atom is -0.345 e. The van der Waals surface area contributed by atoms with Gasteiger partial charge in [0.25, 0.3) is 5.91 Å². The van der Waals surface area contributed by atoms with Crippen molar-refractivity contribution in [2.45, 2.75) is 6.54 Å². The first-order valence-electron chi connectivity index (χ1n) is 4.74. The Morgan fingerprint density at radius 2 is 2.35 bits per heavy atom. The standard InChI is InChI=1S/C9H9Br2N5O/c1-16-3-2-5(15-16)4-12-9(17)7-6(10)8(11)14-13-7/h2-3H,4H2,1H3,(H,12,17)(H,13,14). The summed E-state index contributed by atoms with van der Waals surface area (Å²) < 4.78 is 2.93. The van der Waals surface area contributed by atoms with Gasteiger partial charge in [0.1, 0.15) is 4.60 Å². The van der Waals surface area contributed by atoms with Crippen molar-refractivity contribution in [1.29, 1.82) is 0 Å². The number of hydrogen-bond acceptors (Lipinski definition) is 3. The zero-order chi connectivity index (χ0) is 12.4. The maximum absolute atomic E-state index is 11.8. The Morgan fingerprint density at radius 1 is 1.59 bits per heavy atom. The molecule has 0 spiro atoms. The fourth-order valence-corrected chi connectivity index (χ4v) is 1.90. The summed E-state index contributed by atoms with van der Waals surface area (Å²) in [7, 11) is 1.83. The van der Waals surface area contributed by atoms with E-state index in [1.165, 1.54) is 0 Å². The molecule has 0 saturated carbocycles. The topological polar surface area (TPSA) is 75.6 Å². The highest BCUT2D eigenvalue weighted by Gasteiger charge is 2.16. The molecule has 0 atom stereocenters. The molecule has 0 aliphatic rings. The second-order valence-corrected chi connectivity index (χ2v) is 4.95. The van der Waals surface area contributed by atoms with Crippen LogP contribution in [0.5, 0.6) is 0 Å². The fraction of sp³-hybridized carbons (Fsp3) is 0.222. The van der Waals surface area contributed by atoms with Crippen LogP contribution in [0.25, 0.3) is 0 Å². The van der Waals surface area contributed by atoms with E-state index in [0.717, 1.165) is 5.69 Å². The summed E-state index contributed by atoms with van der Waals surface area (Å²) >= 11 is 6.48. The quantitative estimate of drug-likeness (QED) is 0.870. The highest BCUT2D eigenvalue weighted by molar-refractivity contribution is 9.13. The Kier molecular flexibility index (Phi) is 3.63. The van der Waals surface area contributed by atoms with Gasteiger partial charge in [0.15, 0.2) is 5.69 Å². The van der Waals surface area contributed by atoms with E-state index in [9.17, 15) is 4.79 Å². The van der Waals surface area contributed by atoms with Crippen molar-refractivity contribution < 1.29 is 4.79 Å². The van der Waals surface area contributed by atoms with Crippen LogP contribution in [-0.4, -0.2) is 25.9 Å². The number of carbonyl (C=O) groups is 1. The van der Waals surface area contributed by atoms with Crippen LogP contribution in [0, 0.1) is 0 Å². The monoisotopic (exact) mass is 361 g/mol. The Hall–Kier alpha value is -1.15. The minimum atomic E-state index is -0.260. The second kappa shape index (κ2) is 5.01. The molecule has 2 aromatic rings. The first-order chi connectivity index (χ1) is 8.08. The third-order valence-electron chi connectivity index (χ3n) is 2.08. The average molecular weight is 363 g/mol. The van der Waals surface area contributed by atoms with Crippen LogP contribution in [0.1, 0.15) is 16.2 Å². The molecule has 1 amide bonds. The van der Waals surface area contributed by atoms with Crippen molar-refractivity contribution in [3.8, 4) is 0 Å². The molecule has 2 N–H and O–H groups in total. The number of carbonyl (C=O) groups excluding carboxylic acids is 1. The molecular formula is C9H9Br2N5O. The van der Waals surface area contributed by atoms with Gasteiger partial charge in [0.05, 0.1) is 16.7 Å². The van der Waals surface area contributed by atoms with E-state index in [-0.39, 0.29) is 5.91 Å². The molecule has 0 aliphatic carbocycles. The summed E-state index contributed by atoms with van der Waals surface area (Å²) in [5, 5.41) is 13.4. The highest BCUT2D eigenvalue weighted by atomic mass is 79.9. The summed E-state index contributed by atoms with van der Waals surface area (Å²) in [4.78, 5) is 11.8. The first kappa shape index (κ1) is 12.3. The number of halogens is 2. The largest absolute Gasteiger partial charge is 0.345 e. The molecule has 2 aromatic heterocycles. The molecule has 8 heteroatoms. The number of H-pyrrole nitrogens is 1. The summed E-state index contributed by atoms with van der Waals surface area (Å²) in [6, 6.07) is 1.84. The van der Waals surface area contributed by atoms with Crippen LogP contribution in [0.4, 0.5) is 0 Å². The maximum atomic E-state index is 11.8. The lowest BCUT2D eigenvalue weighted by Gasteiger charge is -2.00. The van der Waals surface area contributed by atoms with Gasteiger partial charge in [-0.15, -0.1) is 0 Å². The number of aromatic nitrogens is 4. The van der Waals surface area contributed by atoms with Crippen LogP contribution in [-0.2, 0) is 13.6 Å². The van der Waals surface area contributed by atoms with Crippen LogP contribution >= 0.6 is 31.9 Å². The second-order valence-electron chi connectivity index (χ2n) is 3.36. The van der Waals surface area contributed by atoms with Gasteiger partial charge in [-0.1, -0.05) is 0 Å². The van der Waals surface area contributed by atoms with Crippen LogP contribution < -0.4 is 5.32 Å². The Bertz CT molecular complexity index is 547. The van der Waals surface area contributed by atoms with Crippen LogP contribution in [0.15, 0.2) is 21.3 Å². The van der Waals surface area contributed by atoms with E-state index in [2.05, 4.69) is 52.5 Å². The van der Waals surface area contributed by atoms with Gasteiger partial charge in [0, 0.05) is 13.2 Å². The van der Waals surface area contributed by atoms with Gasteiger partial charge in [0.2, 0.25) is 0 Å². The summed E-state index contributed by atoms with van der Waals surface area (Å²) in [5.41, 5.74) is 1.11. The molecule has 0 saturated heterocycles. The van der Waals surface area contributed by atoms with Crippen molar-refractivity contribution in [2.75, 3.05) is 0 Å². The predicted octanol–water partition coefficient (Wildman–Crippen LogP) is 1.60. The molecule has 2 rings (SSSR count). The van der Waals surface area contributed by atoms with E-state index in [0.29, 0.717) is 21.3 Å². The number of aryl methyl sites for hydroxylation is 1. The van der Waals surface area contributed by atoms with E-state index in [1.54, 1.807) is 4.68 Å². The highest BCUT2D eigenvalue weighted by Crippen LogP contribution is 2.23. The van der Waals surface area contributed by atoms with Crippen LogP contribution in [0.2, 0.25) is 0 Å². The number of nitrogens with zero attached hydrogens (tertiary/aromatic N) is 3. The van der Waals surface area contributed by atoms with Crippen molar-refractivity contribution in [3.05, 3.63) is 32.7 Å². The number of amides is 1. The average Bonchev–Trinajstić information content (AvgIpc) is 2.84. The molecule has 90 valence electrons. The third-order valence-corrected chi connectivity index (χ3v) is 3.96. The first-order valence-corrected chi connectivity index (χ1v) is 6.32. The number of hydrogen-bond donors (Lipinski definition) is 2. The van der Waals surface area contributed by atoms with Crippen molar-refractivity contribution in [2.24, 2.45) is 7.05 Å². The summed E-state index contributed by atoms with van der Waals surface area (Å²) in [5.74, 6) is -0.260. The SMILES string of the molecule is Cn1ccc(CNC(=O)c2n[nH]c(Br)c2Br)n1. The van der Waals surface area contributed by atoms with E-state index >= 15 is 0 Å². The van der Waals surface area contributed by atoms with Crippen molar-refractivity contribution in [3.63, 3.8) is 0 Å². The van der Waals surface area contributed by atoms with Crippen molar-refractivity contribution in [1.82, 2.24) is 25.3 Å². The Labute approximate surface area is 114 Å². The minimum absolute atomic E-state index is 0.260. The number of nitrogens with one attached hydrogen (secondary N) is 2. The van der Waals surface area contributed by atoms with Gasteiger partial charge in [-0.25, -0.2) is 0 Å². The zero-order valence-corrected chi connectivity index (χ0v) is 12.0. The Balaban J connectivity index is 2.00. The number of rotatable bonds is 3. The molecule has 0 fully saturated rings. The molecule has 0 aliphatic heterocycles. The Morgan fingerprint density at radius 3 is 2.88 bits per heavy atom. The van der Waals surface area contributed by atoms with E-state index in [1.807, 2.05) is 19.3 Å². The molecule has 6 nitrogen and oxygen atoms in total. The lowest BCUT2D eigenvalue weighted by atomic mass is 10.4. The molecule has 17 heavy (non-hydrogen) atoms. The van der Waals surface area contributed by atoms with E-state index in [4.69, 9.17) is 0 Å². The fourth-order valence-electron chi connectivity index (χ4n) is 1.27. The van der Waals surface area contributed by atoms with Gasteiger partial charge < -0.3 is 5.32 Å². The molecular weight excluding hydrogens is 354 g/mol. The molecule has 0 radical (unpaired) electrons. The van der Waals surface area contributed by atoms with Gasteiger partial charge in [-0.05, 0) is 37.9 Å². The van der Waals surface area contributed by atoms with Gasteiger partial charge in [-0.3, -0.25) is 14.6 Å². The third kappa shape index (κ3) is 2.75. The molecule has 2 heterocycles. The predicted molar refractivity (Wildman–Crippen MR) is 68.4 cm³/mol. The van der Waals surface area contributed by atoms with Crippen LogP contribution in [0.3, 0.4) is 0 Å². The molecule has 0 unspecified atom stereocenters. The normalized spacial score (nSPS) is 10.5. The lowest BCUT2D eigenvalue weighted by Crippen LogP contribution is -2.23. The molecule has 0 bridgehead atoms. The van der Waals surface area contributed by atoms with Gasteiger partial charge in [-0.2, -0.15) is 10.2 Å². The van der Waals surface area contributed by atoms with E-state index < -0.39 is 0 Å². The lowest BCUT2D eigenvalue weighted by molar-refractivity contribution is 0.0944. The number of aromatic amines is 1.